The third-order valence-corrected chi connectivity index (χ3v) is 3.95. The van der Waals surface area contributed by atoms with Crippen LogP contribution in [0, 0.1) is 0 Å². The van der Waals surface area contributed by atoms with E-state index >= 15 is 0 Å². The largest absolute Gasteiger partial charge is 0.481 e. The van der Waals surface area contributed by atoms with Gasteiger partial charge in [-0.05, 0) is 0 Å². The second-order valence-electron chi connectivity index (χ2n) is 6.40. The molecule has 0 heterocycles. The molecule has 0 aromatic carbocycles. The molecule has 0 rings (SSSR count). The number of aliphatic hydroxyl groups excluding tert-OH is 1. The quantitative estimate of drug-likeness (QED) is 0.0788. The van der Waals surface area contributed by atoms with Gasteiger partial charge in [-0.3, -0.25) is 19.7 Å². The Bertz CT molecular complexity index is 546. The molecule has 6 N–H and O–H groups in total. The van der Waals surface area contributed by atoms with Crippen LogP contribution >= 0.6 is 0 Å². The first-order chi connectivity index (χ1) is 15.1. The van der Waals surface area contributed by atoms with Crippen molar-refractivity contribution in [2.75, 3.05) is 52.7 Å². The van der Waals surface area contributed by atoms with Gasteiger partial charge in [-0.2, -0.15) is 0 Å². The highest BCUT2D eigenvalue weighted by Gasteiger charge is 2.23. The molecule has 0 spiro atoms. The molecular formula is C17H29NO14. The van der Waals surface area contributed by atoms with Crippen LogP contribution in [0.1, 0.15) is 12.8 Å². The molecular weight excluding hydrogens is 442 g/mol. The summed E-state index contributed by atoms with van der Waals surface area (Å²) in [6.07, 6.45) is -5.41. The molecule has 0 aliphatic rings. The molecule has 0 saturated carbocycles. The lowest BCUT2D eigenvalue weighted by Gasteiger charge is -2.24. The molecule has 0 saturated heterocycles. The Kier molecular flexibility index (Phi) is 15.9. The van der Waals surface area contributed by atoms with Gasteiger partial charge in [0.1, 0.15) is 12.7 Å². The fourth-order valence-electron chi connectivity index (χ4n) is 2.32. The molecule has 0 fully saturated rings. The van der Waals surface area contributed by atoms with Gasteiger partial charge in [0.15, 0.2) is 12.2 Å². The van der Waals surface area contributed by atoms with Crippen LogP contribution in [-0.2, 0) is 38.3 Å². The number of carboxylic acid groups (broad SMARTS) is 4. The lowest BCUT2D eigenvalue weighted by atomic mass is 10.2. The number of aliphatic carboxylic acids is 4. The summed E-state index contributed by atoms with van der Waals surface area (Å²) in [5.74, 6) is -5.59. The molecule has 0 aliphatic carbocycles. The molecule has 15 nitrogen and oxygen atoms in total. The maximum absolute atomic E-state index is 11.0. The first kappa shape index (κ1) is 29.6. The normalized spacial score (nSPS) is 14.1. The van der Waals surface area contributed by atoms with Gasteiger partial charge in [0, 0.05) is 19.6 Å². The van der Waals surface area contributed by atoms with Crippen molar-refractivity contribution >= 4 is 23.9 Å². The number of carboxylic acids is 4. The molecule has 0 radical (unpaired) electrons. The van der Waals surface area contributed by atoms with E-state index in [1.165, 1.54) is 0 Å². The smallest absolute Gasteiger partial charge is 0.333 e. The Morgan fingerprint density at radius 1 is 0.719 bits per heavy atom. The van der Waals surface area contributed by atoms with Crippen molar-refractivity contribution in [2.24, 2.45) is 0 Å². The van der Waals surface area contributed by atoms with Gasteiger partial charge in [0.25, 0.3) is 0 Å². The predicted octanol–water partition coefficient (Wildman–Crippen LogP) is -1.96. The van der Waals surface area contributed by atoms with E-state index in [1.807, 2.05) is 0 Å². The molecule has 3 unspecified atom stereocenters. The highest BCUT2D eigenvalue weighted by Crippen LogP contribution is 2.03. The Morgan fingerprint density at radius 2 is 1.12 bits per heavy atom. The predicted molar refractivity (Wildman–Crippen MR) is 101 cm³/mol. The lowest BCUT2D eigenvalue weighted by Crippen LogP contribution is -2.38. The third kappa shape index (κ3) is 14.6. The Hall–Kier alpha value is -2.40. The summed E-state index contributed by atoms with van der Waals surface area (Å²) in [6, 6.07) is 0. The Morgan fingerprint density at radius 3 is 1.44 bits per heavy atom. The minimum atomic E-state index is -1.56. The number of hydrogen-bond acceptors (Lipinski definition) is 11. The monoisotopic (exact) mass is 471 g/mol. The lowest BCUT2D eigenvalue weighted by molar-refractivity contribution is -0.262. The zero-order valence-electron chi connectivity index (χ0n) is 17.2. The fourth-order valence-corrected chi connectivity index (χ4v) is 2.32. The van der Waals surface area contributed by atoms with Gasteiger partial charge in [-0.25, -0.2) is 14.5 Å². The SMILES string of the molecule is O=C(O)CC(OCCN(CCOC(CO)COO)CCOC(CC(=O)O)C(=O)O)C(=O)O. The van der Waals surface area contributed by atoms with Gasteiger partial charge < -0.3 is 39.7 Å². The maximum Gasteiger partial charge on any atom is 0.333 e. The summed E-state index contributed by atoms with van der Waals surface area (Å²) in [5, 5.41) is 53.0. The second-order valence-corrected chi connectivity index (χ2v) is 6.40. The highest BCUT2D eigenvalue weighted by molar-refractivity contribution is 5.80. The first-order valence-electron chi connectivity index (χ1n) is 9.44. The van der Waals surface area contributed by atoms with E-state index in [2.05, 4.69) is 4.89 Å². The average Bonchev–Trinajstić information content (AvgIpc) is 2.70. The summed E-state index contributed by atoms with van der Waals surface area (Å²) in [5.41, 5.74) is 0. The summed E-state index contributed by atoms with van der Waals surface area (Å²) in [7, 11) is 0. The van der Waals surface area contributed by atoms with Crippen LogP contribution in [0.5, 0.6) is 0 Å². The summed E-state index contributed by atoms with van der Waals surface area (Å²) < 4.78 is 15.5. The maximum atomic E-state index is 11.0. The fraction of sp³-hybridized carbons (Fsp3) is 0.765. The summed E-state index contributed by atoms with van der Waals surface area (Å²) >= 11 is 0. The zero-order valence-corrected chi connectivity index (χ0v) is 17.2. The van der Waals surface area contributed by atoms with E-state index < -0.39 is 61.6 Å². The van der Waals surface area contributed by atoms with Crippen LogP contribution in [0.3, 0.4) is 0 Å². The minimum Gasteiger partial charge on any atom is -0.481 e. The molecule has 186 valence electrons. The van der Waals surface area contributed by atoms with Crippen molar-refractivity contribution in [2.45, 2.75) is 31.2 Å². The number of ether oxygens (including phenoxy) is 3. The van der Waals surface area contributed by atoms with E-state index in [0.717, 1.165) is 0 Å². The molecule has 15 heteroatoms. The van der Waals surface area contributed by atoms with Crippen LogP contribution in [0.15, 0.2) is 0 Å². The van der Waals surface area contributed by atoms with Gasteiger partial charge in [0.05, 0.1) is 39.3 Å². The number of nitrogens with zero attached hydrogens (tertiary/aromatic N) is 1. The van der Waals surface area contributed by atoms with E-state index in [1.54, 1.807) is 4.90 Å². The van der Waals surface area contributed by atoms with Crippen LogP contribution < -0.4 is 0 Å². The summed E-state index contributed by atoms with van der Waals surface area (Å²) in [4.78, 5) is 49.0. The van der Waals surface area contributed by atoms with E-state index in [0.29, 0.717) is 0 Å². The van der Waals surface area contributed by atoms with Crippen LogP contribution in [0.2, 0.25) is 0 Å². The molecule has 3 atom stereocenters. The minimum absolute atomic E-state index is 0.0174. The van der Waals surface area contributed by atoms with Crippen molar-refractivity contribution in [1.29, 1.82) is 0 Å². The number of carbonyl (C=O) groups is 4. The van der Waals surface area contributed by atoms with Crippen molar-refractivity contribution < 1.29 is 69.1 Å². The van der Waals surface area contributed by atoms with Gasteiger partial charge >= 0.3 is 23.9 Å². The first-order valence-corrected chi connectivity index (χ1v) is 9.44. The van der Waals surface area contributed by atoms with E-state index in [4.69, 9.17) is 45.0 Å². The average molecular weight is 471 g/mol. The third-order valence-electron chi connectivity index (χ3n) is 3.95. The Labute approximate surface area is 182 Å². The molecule has 0 aromatic heterocycles. The van der Waals surface area contributed by atoms with Crippen molar-refractivity contribution in [3.63, 3.8) is 0 Å². The number of hydrogen-bond donors (Lipinski definition) is 6. The van der Waals surface area contributed by atoms with Crippen molar-refractivity contribution in [3.05, 3.63) is 0 Å². The van der Waals surface area contributed by atoms with Gasteiger partial charge in [-0.15, -0.1) is 0 Å². The Balaban J connectivity index is 4.79. The van der Waals surface area contributed by atoms with Gasteiger partial charge in [0.2, 0.25) is 0 Å². The topological polar surface area (TPSA) is 230 Å². The number of aliphatic hydroxyl groups is 1. The van der Waals surface area contributed by atoms with Crippen LogP contribution in [0.4, 0.5) is 0 Å². The van der Waals surface area contributed by atoms with E-state index in [-0.39, 0.29) is 46.1 Å². The molecule has 0 amide bonds. The molecule has 0 aromatic rings. The second kappa shape index (κ2) is 17.2. The molecule has 0 aliphatic heterocycles. The van der Waals surface area contributed by atoms with Gasteiger partial charge in [-0.1, -0.05) is 0 Å². The van der Waals surface area contributed by atoms with Crippen molar-refractivity contribution in [3.8, 4) is 0 Å². The van der Waals surface area contributed by atoms with Crippen LogP contribution in [0.25, 0.3) is 0 Å². The van der Waals surface area contributed by atoms with E-state index in [9.17, 15) is 19.2 Å². The standard InChI is InChI=1S/C17H29NO14/c19-9-11(10-32-28)29-4-1-18(2-5-30-12(16(24)25)7-14(20)21)3-6-31-13(17(26)27)8-15(22)23/h11-13,19,28H,1-10H2,(H,20,21)(H,22,23)(H,24,25)(H,26,27). The molecule has 32 heavy (non-hydrogen) atoms. The van der Waals surface area contributed by atoms with Crippen LogP contribution in [-0.4, -0.2) is 131 Å². The summed E-state index contributed by atoms with van der Waals surface area (Å²) in [6.45, 7) is -0.757. The highest BCUT2D eigenvalue weighted by atomic mass is 17.1. The number of rotatable bonds is 21. The molecule has 0 bridgehead atoms. The van der Waals surface area contributed by atoms with Crippen molar-refractivity contribution in [1.82, 2.24) is 4.90 Å². The zero-order chi connectivity index (χ0) is 24.5.